The average molecular weight is 246 g/mol. The number of rotatable bonds is 2. The van der Waals surface area contributed by atoms with Crippen LogP contribution in [0.4, 0.5) is 5.69 Å². The van der Waals surface area contributed by atoms with Gasteiger partial charge in [-0.15, -0.1) is 0 Å². The summed E-state index contributed by atoms with van der Waals surface area (Å²) in [7, 11) is 0. The fraction of sp³-hybridized carbons (Fsp3) is 0.231. The molecule has 0 saturated heterocycles. The summed E-state index contributed by atoms with van der Waals surface area (Å²) in [5, 5.41) is 0.440. The van der Waals surface area contributed by atoms with Gasteiger partial charge in [0.05, 0.1) is 24.6 Å². The van der Waals surface area contributed by atoms with E-state index in [2.05, 4.69) is 39.1 Å². The lowest BCUT2D eigenvalue weighted by Gasteiger charge is -2.18. The van der Waals surface area contributed by atoms with Crippen LogP contribution >= 0.6 is 11.6 Å². The lowest BCUT2D eigenvalue weighted by molar-refractivity contribution is 0.808. The third-order valence-electron chi connectivity index (χ3n) is 3.01. The standard InChI is InChI=1S/C13H12ClN3/c14-13-8-15-11(7-16-13)9-17-6-5-10-3-1-2-4-12(10)17/h1-4,7-8H,5-6,9H2. The molecule has 3 nitrogen and oxygen atoms in total. The molecule has 0 N–H and O–H groups in total. The van der Waals surface area contributed by atoms with Gasteiger partial charge < -0.3 is 4.90 Å². The predicted molar refractivity (Wildman–Crippen MR) is 68.2 cm³/mol. The second-order valence-electron chi connectivity index (χ2n) is 4.13. The summed E-state index contributed by atoms with van der Waals surface area (Å²) in [6, 6.07) is 8.50. The van der Waals surface area contributed by atoms with Crippen LogP contribution in [0, 0.1) is 0 Å². The Morgan fingerprint density at radius 2 is 2.06 bits per heavy atom. The van der Waals surface area contributed by atoms with Crippen LogP contribution in [0.3, 0.4) is 0 Å². The Balaban J connectivity index is 1.81. The highest BCUT2D eigenvalue weighted by molar-refractivity contribution is 6.29. The van der Waals surface area contributed by atoms with Crippen molar-refractivity contribution in [3.05, 3.63) is 53.1 Å². The molecule has 86 valence electrons. The summed E-state index contributed by atoms with van der Waals surface area (Å²) in [6.07, 6.45) is 4.44. The fourth-order valence-corrected chi connectivity index (χ4v) is 2.28. The molecule has 1 aliphatic rings. The van der Waals surface area contributed by atoms with Gasteiger partial charge in [-0.2, -0.15) is 0 Å². The summed E-state index contributed by atoms with van der Waals surface area (Å²) in [5.74, 6) is 0. The molecule has 0 spiro atoms. The summed E-state index contributed by atoms with van der Waals surface area (Å²) in [6.45, 7) is 1.84. The Morgan fingerprint density at radius 3 is 2.88 bits per heavy atom. The number of aromatic nitrogens is 2. The van der Waals surface area contributed by atoms with Crippen molar-refractivity contribution in [3.63, 3.8) is 0 Å². The van der Waals surface area contributed by atoms with Gasteiger partial charge in [-0.3, -0.25) is 4.98 Å². The second kappa shape index (κ2) is 4.34. The normalized spacial score (nSPS) is 13.8. The molecular weight excluding hydrogens is 234 g/mol. The Morgan fingerprint density at radius 1 is 1.18 bits per heavy atom. The first-order chi connectivity index (χ1) is 8.33. The predicted octanol–water partition coefficient (Wildman–Crippen LogP) is 2.69. The van der Waals surface area contributed by atoms with E-state index in [1.165, 1.54) is 11.3 Å². The summed E-state index contributed by atoms with van der Waals surface area (Å²) in [4.78, 5) is 10.7. The molecule has 0 saturated carbocycles. The zero-order valence-corrected chi connectivity index (χ0v) is 10.1. The van der Waals surface area contributed by atoms with Crippen LogP contribution in [0.25, 0.3) is 0 Å². The minimum absolute atomic E-state index is 0.440. The molecule has 3 rings (SSSR count). The molecule has 1 aliphatic heterocycles. The van der Waals surface area contributed by atoms with Gasteiger partial charge in [0.1, 0.15) is 5.15 Å². The van der Waals surface area contributed by atoms with Crippen molar-refractivity contribution < 1.29 is 0 Å². The third-order valence-corrected chi connectivity index (χ3v) is 3.21. The smallest absolute Gasteiger partial charge is 0.147 e. The number of nitrogens with zero attached hydrogens (tertiary/aromatic N) is 3. The zero-order valence-electron chi connectivity index (χ0n) is 9.31. The Bertz CT molecular complexity index is 524. The van der Waals surface area contributed by atoms with Crippen LogP contribution in [0.1, 0.15) is 11.3 Å². The maximum atomic E-state index is 5.72. The van der Waals surface area contributed by atoms with Crippen molar-refractivity contribution in [1.82, 2.24) is 9.97 Å². The topological polar surface area (TPSA) is 29.0 Å². The van der Waals surface area contributed by atoms with Gasteiger partial charge in [0.25, 0.3) is 0 Å². The lowest BCUT2D eigenvalue weighted by Crippen LogP contribution is -2.20. The van der Waals surface area contributed by atoms with Crippen LogP contribution in [-0.4, -0.2) is 16.5 Å². The van der Waals surface area contributed by atoms with Crippen molar-refractivity contribution >= 4 is 17.3 Å². The lowest BCUT2D eigenvalue weighted by atomic mass is 10.2. The van der Waals surface area contributed by atoms with Crippen molar-refractivity contribution in [3.8, 4) is 0 Å². The largest absolute Gasteiger partial charge is 0.365 e. The number of halogens is 1. The molecule has 0 fully saturated rings. The first-order valence-corrected chi connectivity index (χ1v) is 6.00. The van der Waals surface area contributed by atoms with E-state index in [1.807, 2.05) is 0 Å². The quantitative estimate of drug-likeness (QED) is 0.815. The highest BCUT2D eigenvalue weighted by Gasteiger charge is 2.18. The van der Waals surface area contributed by atoms with Gasteiger partial charge >= 0.3 is 0 Å². The molecule has 2 heterocycles. The Hall–Kier alpha value is -1.61. The van der Waals surface area contributed by atoms with Gasteiger partial charge in [0, 0.05) is 12.2 Å². The van der Waals surface area contributed by atoms with Crippen LogP contribution < -0.4 is 4.90 Å². The Kier molecular flexibility index (Phi) is 2.69. The van der Waals surface area contributed by atoms with E-state index >= 15 is 0 Å². The number of para-hydroxylation sites is 1. The van der Waals surface area contributed by atoms with E-state index in [0.717, 1.165) is 25.2 Å². The molecule has 0 atom stereocenters. The molecular formula is C13H12ClN3. The second-order valence-corrected chi connectivity index (χ2v) is 4.52. The summed E-state index contributed by atoms with van der Waals surface area (Å²) in [5.41, 5.74) is 3.67. The molecule has 2 aromatic rings. The minimum atomic E-state index is 0.440. The number of hydrogen-bond donors (Lipinski definition) is 0. The molecule has 0 aliphatic carbocycles. The third kappa shape index (κ3) is 2.11. The molecule has 0 bridgehead atoms. The average Bonchev–Trinajstić information content (AvgIpc) is 2.76. The SMILES string of the molecule is Clc1cnc(CN2CCc3ccccc32)cn1. The van der Waals surface area contributed by atoms with Gasteiger partial charge in [-0.25, -0.2) is 4.98 Å². The van der Waals surface area contributed by atoms with Crippen LogP contribution in [0.2, 0.25) is 5.15 Å². The van der Waals surface area contributed by atoms with Crippen molar-refractivity contribution in [1.29, 1.82) is 0 Å². The molecule has 17 heavy (non-hydrogen) atoms. The van der Waals surface area contributed by atoms with E-state index < -0.39 is 0 Å². The minimum Gasteiger partial charge on any atom is -0.365 e. The van der Waals surface area contributed by atoms with Crippen molar-refractivity contribution in [2.24, 2.45) is 0 Å². The molecule has 0 radical (unpaired) electrons. The van der Waals surface area contributed by atoms with Crippen molar-refractivity contribution in [2.75, 3.05) is 11.4 Å². The molecule has 1 aromatic carbocycles. The number of anilines is 1. The van der Waals surface area contributed by atoms with E-state index in [9.17, 15) is 0 Å². The molecule has 1 aromatic heterocycles. The van der Waals surface area contributed by atoms with Gasteiger partial charge in [0.15, 0.2) is 0 Å². The summed E-state index contributed by atoms with van der Waals surface area (Å²) >= 11 is 5.72. The van der Waals surface area contributed by atoms with Gasteiger partial charge in [-0.05, 0) is 18.1 Å². The maximum absolute atomic E-state index is 5.72. The number of fused-ring (bicyclic) bond motifs is 1. The van der Waals surface area contributed by atoms with Crippen LogP contribution in [0.5, 0.6) is 0 Å². The van der Waals surface area contributed by atoms with Crippen molar-refractivity contribution in [2.45, 2.75) is 13.0 Å². The highest BCUT2D eigenvalue weighted by atomic mass is 35.5. The van der Waals surface area contributed by atoms with E-state index in [4.69, 9.17) is 11.6 Å². The van der Waals surface area contributed by atoms with Crippen LogP contribution in [-0.2, 0) is 13.0 Å². The first-order valence-electron chi connectivity index (χ1n) is 5.62. The van der Waals surface area contributed by atoms with E-state index in [1.54, 1.807) is 12.4 Å². The van der Waals surface area contributed by atoms with E-state index in [-0.39, 0.29) is 0 Å². The molecule has 4 heteroatoms. The first kappa shape index (κ1) is 10.5. The number of benzene rings is 1. The summed E-state index contributed by atoms with van der Waals surface area (Å²) < 4.78 is 0. The van der Waals surface area contributed by atoms with Gasteiger partial charge in [0.2, 0.25) is 0 Å². The molecule has 0 amide bonds. The fourth-order valence-electron chi connectivity index (χ4n) is 2.19. The van der Waals surface area contributed by atoms with Crippen LogP contribution in [0.15, 0.2) is 36.7 Å². The Labute approximate surface area is 105 Å². The van der Waals surface area contributed by atoms with E-state index in [0.29, 0.717) is 5.15 Å². The maximum Gasteiger partial charge on any atom is 0.147 e. The zero-order chi connectivity index (χ0) is 11.7. The highest BCUT2D eigenvalue weighted by Crippen LogP contribution is 2.28. The number of hydrogen-bond acceptors (Lipinski definition) is 3. The van der Waals surface area contributed by atoms with Gasteiger partial charge in [-0.1, -0.05) is 29.8 Å². The molecule has 0 unspecified atom stereocenters. The monoisotopic (exact) mass is 245 g/mol.